The zero-order valence-corrected chi connectivity index (χ0v) is 23.5. The van der Waals surface area contributed by atoms with E-state index in [4.69, 9.17) is 9.97 Å². The molecule has 200 valence electrons. The number of benzene rings is 1. The lowest BCUT2D eigenvalue weighted by Gasteiger charge is -2.24. The van der Waals surface area contributed by atoms with Gasteiger partial charge >= 0.3 is 0 Å². The van der Waals surface area contributed by atoms with Gasteiger partial charge in [0, 0.05) is 18.1 Å². The Morgan fingerprint density at radius 3 is 1.41 bits per heavy atom. The Labute approximate surface area is 226 Å². The molecule has 1 aromatic carbocycles. The smallest absolute Gasteiger partial charge is 0.138 e. The SMILES string of the molecule is CCCCCCCCCc1ccnc(N(c2ccccc2)c2cc(CCCCCCCCC)ccn2)c1. The van der Waals surface area contributed by atoms with E-state index in [9.17, 15) is 0 Å². The summed E-state index contributed by atoms with van der Waals surface area (Å²) in [5.41, 5.74) is 3.82. The highest BCUT2D eigenvalue weighted by Crippen LogP contribution is 2.32. The van der Waals surface area contributed by atoms with Crippen LogP contribution in [0, 0.1) is 0 Å². The minimum atomic E-state index is 0.951. The van der Waals surface area contributed by atoms with Crippen molar-refractivity contribution in [2.24, 2.45) is 0 Å². The molecule has 3 aromatic rings. The number of nitrogens with zero attached hydrogens (tertiary/aromatic N) is 3. The van der Waals surface area contributed by atoms with E-state index in [0.717, 1.165) is 30.2 Å². The van der Waals surface area contributed by atoms with Crippen LogP contribution < -0.4 is 4.90 Å². The molecule has 3 nitrogen and oxygen atoms in total. The minimum Gasteiger partial charge on any atom is -0.279 e. The highest BCUT2D eigenvalue weighted by Gasteiger charge is 2.15. The van der Waals surface area contributed by atoms with E-state index in [-0.39, 0.29) is 0 Å². The number of rotatable bonds is 19. The van der Waals surface area contributed by atoms with Crippen molar-refractivity contribution >= 4 is 17.3 Å². The fourth-order valence-corrected chi connectivity index (χ4v) is 5.01. The summed E-state index contributed by atoms with van der Waals surface area (Å²) < 4.78 is 0. The molecular weight excluding hydrogens is 450 g/mol. The molecule has 0 aliphatic carbocycles. The first-order valence-corrected chi connectivity index (χ1v) is 15.1. The molecule has 0 aliphatic rings. The predicted molar refractivity (Wildman–Crippen MR) is 160 cm³/mol. The van der Waals surface area contributed by atoms with Crippen molar-refractivity contribution in [1.29, 1.82) is 0 Å². The molecule has 0 saturated heterocycles. The molecule has 0 N–H and O–H groups in total. The van der Waals surface area contributed by atoms with Gasteiger partial charge < -0.3 is 0 Å². The van der Waals surface area contributed by atoms with Crippen molar-refractivity contribution in [3.05, 3.63) is 78.1 Å². The van der Waals surface area contributed by atoms with Crippen molar-refractivity contribution < 1.29 is 0 Å². The molecule has 0 amide bonds. The van der Waals surface area contributed by atoms with Gasteiger partial charge in [0.05, 0.1) is 0 Å². The van der Waals surface area contributed by atoms with Gasteiger partial charge in [-0.3, -0.25) is 4.90 Å². The highest BCUT2D eigenvalue weighted by molar-refractivity contribution is 5.72. The average Bonchev–Trinajstić information content (AvgIpc) is 2.93. The topological polar surface area (TPSA) is 29.0 Å². The van der Waals surface area contributed by atoms with Gasteiger partial charge in [-0.25, -0.2) is 9.97 Å². The standard InChI is InChI=1S/C34H49N3/c1-3-5-7-9-11-13-16-20-30-24-26-35-33(28-30)37(32-22-18-15-19-23-32)34-29-31(25-27-36-34)21-17-14-12-10-8-6-4-2/h15,18-19,22-29H,3-14,16-17,20-21H2,1-2H3. The largest absolute Gasteiger partial charge is 0.279 e. The number of aryl methyl sites for hydroxylation is 2. The number of hydrogen-bond donors (Lipinski definition) is 0. The van der Waals surface area contributed by atoms with Crippen LogP contribution in [0.15, 0.2) is 67.0 Å². The second kappa shape index (κ2) is 17.7. The van der Waals surface area contributed by atoms with Crippen molar-refractivity contribution in [2.45, 2.75) is 117 Å². The molecule has 37 heavy (non-hydrogen) atoms. The van der Waals surface area contributed by atoms with E-state index in [1.54, 1.807) is 0 Å². The summed E-state index contributed by atoms with van der Waals surface area (Å²) in [6, 6.07) is 19.4. The third kappa shape index (κ3) is 10.7. The van der Waals surface area contributed by atoms with Gasteiger partial charge in [0.25, 0.3) is 0 Å². The summed E-state index contributed by atoms with van der Waals surface area (Å²) in [6.07, 6.45) is 24.8. The fraction of sp³-hybridized carbons (Fsp3) is 0.529. The quantitative estimate of drug-likeness (QED) is 0.154. The molecular formula is C34H49N3. The maximum atomic E-state index is 4.80. The van der Waals surface area contributed by atoms with E-state index in [0.29, 0.717) is 0 Å². The Kier molecular flexibility index (Phi) is 13.8. The molecule has 0 saturated carbocycles. The number of para-hydroxylation sites is 1. The van der Waals surface area contributed by atoms with Crippen molar-refractivity contribution in [2.75, 3.05) is 4.90 Å². The van der Waals surface area contributed by atoms with Crippen LogP contribution in [-0.4, -0.2) is 9.97 Å². The lowest BCUT2D eigenvalue weighted by molar-refractivity contribution is 0.589. The minimum absolute atomic E-state index is 0.951. The van der Waals surface area contributed by atoms with Crippen LogP contribution >= 0.6 is 0 Å². The Morgan fingerprint density at radius 2 is 0.946 bits per heavy atom. The number of aromatic nitrogens is 2. The lowest BCUT2D eigenvalue weighted by atomic mass is 10.0. The Balaban J connectivity index is 1.65. The number of anilines is 3. The molecule has 2 heterocycles. The second-order valence-electron chi connectivity index (χ2n) is 10.5. The van der Waals surface area contributed by atoms with Crippen molar-refractivity contribution in [3.63, 3.8) is 0 Å². The number of hydrogen-bond acceptors (Lipinski definition) is 3. The maximum absolute atomic E-state index is 4.80. The predicted octanol–water partition coefficient (Wildman–Crippen LogP) is 10.5. The molecule has 0 bridgehead atoms. The zero-order valence-electron chi connectivity index (χ0n) is 23.5. The van der Waals surface area contributed by atoms with Gasteiger partial charge in [-0.05, 0) is 73.2 Å². The molecule has 0 unspecified atom stereocenters. The molecule has 0 fully saturated rings. The molecule has 0 spiro atoms. The third-order valence-corrected chi connectivity index (χ3v) is 7.23. The first kappa shape index (κ1) is 28.9. The molecule has 0 aliphatic heterocycles. The monoisotopic (exact) mass is 499 g/mol. The van der Waals surface area contributed by atoms with Crippen LogP contribution in [-0.2, 0) is 12.8 Å². The van der Waals surface area contributed by atoms with Crippen molar-refractivity contribution in [1.82, 2.24) is 9.97 Å². The summed E-state index contributed by atoms with van der Waals surface area (Å²) in [5.74, 6) is 1.90. The zero-order chi connectivity index (χ0) is 26.0. The summed E-state index contributed by atoms with van der Waals surface area (Å²) in [4.78, 5) is 11.8. The van der Waals surface area contributed by atoms with Crippen LogP contribution in [0.2, 0.25) is 0 Å². The normalized spacial score (nSPS) is 11.1. The van der Waals surface area contributed by atoms with Gasteiger partial charge in [-0.1, -0.05) is 109 Å². The summed E-state index contributed by atoms with van der Waals surface area (Å²) in [5, 5.41) is 0. The number of pyridine rings is 2. The molecule has 3 rings (SSSR count). The van der Waals surface area contributed by atoms with Gasteiger partial charge in [0.1, 0.15) is 11.6 Å². The Morgan fingerprint density at radius 1 is 0.514 bits per heavy atom. The summed E-state index contributed by atoms with van der Waals surface area (Å²) in [7, 11) is 0. The van der Waals surface area contributed by atoms with Crippen LogP contribution in [0.1, 0.15) is 115 Å². The van der Waals surface area contributed by atoms with Gasteiger partial charge in [0.15, 0.2) is 0 Å². The van der Waals surface area contributed by atoms with E-state index in [1.807, 2.05) is 12.4 Å². The van der Waals surface area contributed by atoms with Gasteiger partial charge in [0.2, 0.25) is 0 Å². The van der Waals surface area contributed by atoms with Crippen LogP contribution in [0.3, 0.4) is 0 Å². The van der Waals surface area contributed by atoms with Crippen LogP contribution in [0.5, 0.6) is 0 Å². The van der Waals surface area contributed by atoms with Gasteiger partial charge in [-0.2, -0.15) is 0 Å². The molecule has 3 heteroatoms. The van der Waals surface area contributed by atoms with E-state index >= 15 is 0 Å². The van der Waals surface area contributed by atoms with E-state index < -0.39 is 0 Å². The summed E-state index contributed by atoms with van der Waals surface area (Å²) >= 11 is 0. The van der Waals surface area contributed by atoms with Crippen LogP contribution in [0.4, 0.5) is 17.3 Å². The average molecular weight is 500 g/mol. The summed E-state index contributed by atoms with van der Waals surface area (Å²) in [6.45, 7) is 4.56. The first-order valence-electron chi connectivity index (χ1n) is 15.1. The Hall–Kier alpha value is -2.68. The maximum Gasteiger partial charge on any atom is 0.138 e. The van der Waals surface area contributed by atoms with E-state index in [2.05, 4.69) is 73.3 Å². The first-order chi connectivity index (χ1) is 18.3. The van der Waals surface area contributed by atoms with Crippen molar-refractivity contribution in [3.8, 4) is 0 Å². The molecule has 2 aromatic heterocycles. The Bertz CT molecular complexity index is 924. The van der Waals surface area contributed by atoms with Crippen LogP contribution in [0.25, 0.3) is 0 Å². The highest BCUT2D eigenvalue weighted by atomic mass is 15.2. The second-order valence-corrected chi connectivity index (χ2v) is 10.5. The van der Waals surface area contributed by atoms with E-state index in [1.165, 1.54) is 101 Å². The molecule has 0 radical (unpaired) electrons. The lowest BCUT2D eigenvalue weighted by Crippen LogP contribution is -2.13. The fourth-order valence-electron chi connectivity index (χ4n) is 5.01. The van der Waals surface area contributed by atoms with Gasteiger partial charge in [-0.15, -0.1) is 0 Å². The third-order valence-electron chi connectivity index (χ3n) is 7.23. The molecule has 0 atom stereocenters. The number of unbranched alkanes of at least 4 members (excludes halogenated alkanes) is 12.